The number of ether oxygens (including phenoxy) is 1. The minimum Gasteiger partial charge on any atom is -0.383 e. The Morgan fingerprint density at radius 2 is 2.00 bits per heavy atom. The van der Waals surface area contributed by atoms with Crippen LogP contribution in [0.5, 0.6) is 0 Å². The van der Waals surface area contributed by atoms with Crippen LogP contribution in [0.15, 0.2) is 0 Å². The zero-order valence-electron chi connectivity index (χ0n) is 8.88. The maximum absolute atomic E-state index is 5.86. The molecule has 1 rings (SSSR count). The van der Waals surface area contributed by atoms with Crippen molar-refractivity contribution in [2.24, 2.45) is 5.73 Å². The van der Waals surface area contributed by atoms with Crippen LogP contribution in [0.1, 0.15) is 26.2 Å². The lowest BCUT2D eigenvalue weighted by molar-refractivity contribution is 0.0266. The number of hydrogen-bond donors (Lipinski definition) is 1. The Morgan fingerprint density at radius 1 is 1.38 bits per heavy atom. The van der Waals surface area contributed by atoms with Crippen molar-refractivity contribution in [3.8, 4) is 0 Å². The Morgan fingerprint density at radius 3 is 2.38 bits per heavy atom. The molecule has 0 radical (unpaired) electrons. The van der Waals surface area contributed by atoms with Crippen LogP contribution < -0.4 is 5.73 Å². The van der Waals surface area contributed by atoms with Gasteiger partial charge < -0.3 is 10.5 Å². The third-order valence-corrected chi connectivity index (χ3v) is 3.23. The van der Waals surface area contributed by atoms with Gasteiger partial charge in [0.1, 0.15) is 0 Å². The van der Waals surface area contributed by atoms with Gasteiger partial charge in [-0.25, -0.2) is 0 Å². The normalized spacial score (nSPS) is 23.3. The third-order valence-electron chi connectivity index (χ3n) is 3.23. The van der Waals surface area contributed by atoms with Crippen molar-refractivity contribution < 1.29 is 4.74 Å². The van der Waals surface area contributed by atoms with Gasteiger partial charge in [0, 0.05) is 13.7 Å². The predicted molar refractivity (Wildman–Crippen MR) is 54.8 cm³/mol. The number of nitrogens with zero attached hydrogens (tertiary/aromatic N) is 1. The summed E-state index contributed by atoms with van der Waals surface area (Å²) in [4.78, 5) is 2.50. The molecule has 1 atom stereocenters. The molecular formula is C10H22N2O. The van der Waals surface area contributed by atoms with E-state index in [1.54, 1.807) is 7.11 Å². The maximum atomic E-state index is 5.86. The average Bonchev–Trinajstić information content (AvgIpc) is 2.68. The second-order valence-electron chi connectivity index (χ2n) is 3.91. The molecule has 3 nitrogen and oxygen atoms in total. The molecule has 0 saturated carbocycles. The molecule has 3 heteroatoms. The van der Waals surface area contributed by atoms with Crippen LogP contribution in [0.3, 0.4) is 0 Å². The first kappa shape index (κ1) is 11.0. The number of rotatable bonds is 5. The van der Waals surface area contributed by atoms with Crippen LogP contribution in [0.25, 0.3) is 0 Å². The second-order valence-corrected chi connectivity index (χ2v) is 3.91. The molecule has 1 heterocycles. The van der Waals surface area contributed by atoms with Crippen molar-refractivity contribution >= 4 is 0 Å². The lowest BCUT2D eigenvalue weighted by atomic mass is 9.95. The third kappa shape index (κ3) is 2.22. The van der Waals surface area contributed by atoms with Crippen molar-refractivity contribution in [3.63, 3.8) is 0 Å². The van der Waals surface area contributed by atoms with Crippen LogP contribution in [0.2, 0.25) is 0 Å². The first-order valence-electron chi connectivity index (χ1n) is 5.23. The number of hydrogen-bond acceptors (Lipinski definition) is 3. The van der Waals surface area contributed by atoms with Gasteiger partial charge in [0.05, 0.1) is 12.1 Å². The zero-order chi connectivity index (χ0) is 9.73. The summed E-state index contributed by atoms with van der Waals surface area (Å²) in [6.45, 7) is 6.05. The predicted octanol–water partition coefficient (Wildman–Crippen LogP) is 0.836. The van der Waals surface area contributed by atoms with E-state index in [1.165, 1.54) is 25.9 Å². The number of methoxy groups -OCH3 is 1. The molecule has 0 aliphatic carbocycles. The number of nitrogens with two attached hydrogens (primary N) is 1. The highest BCUT2D eigenvalue weighted by Gasteiger charge is 2.35. The van der Waals surface area contributed by atoms with E-state index in [0.29, 0.717) is 6.54 Å². The summed E-state index contributed by atoms with van der Waals surface area (Å²) in [6, 6.07) is 0. The van der Waals surface area contributed by atoms with Crippen LogP contribution in [-0.2, 0) is 4.74 Å². The SMILES string of the molecule is CCC(CN)(COC)N1CCCC1. The highest BCUT2D eigenvalue weighted by Crippen LogP contribution is 2.24. The Balaban J connectivity index is 2.62. The lowest BCUT2D eigenvalue weighted by Crippen LogP contribution is -2.55. The fraction of sp³-hybridized carbons (Fsp3) is 1.00. The van der Waals surface area contributed by atoms with Crippen LogP contribution in [0.4, 0.5) is 0 Å². The van der Waals surface area contributed by atoms with Gasteiger partial charge in [-0.3, -0.25) is 4.90 Å². The highest BCUT2D eigenvalue weighted by molar-refractivity contribution is 4.92. The quantitative estimate of drug-likeness (QED) is 0.691. The zero-order valence-corrected chi connectivity index (χ0v) is 8.88. The Hall–Kier alpha value is -0.120. The molecule has 1 unspecified atom stereocenters. The van der Waals surface area contributed by atoms with Crippen molar-refractivity contribution in [1.82, 2.24) is 4.90 Å². The van der Waals surface area contributed by atoms with Gasteiger partial charge in [-0.05, 0) is 32.4 Å². The molecule has 13 heavy (non-hydrogen) atoms. The largest absolute Gasteiger partial charge is 0.383 e. The highest BCUT2D eigenvalue weighted by atomic mass is 16.5. The lowest BCUT2D eigenvalue weighted by Gasteiger charge is -2.39. The molecule has 0 bridgehead atoms. The van der Waals surface area contributed by atoms with Crippen molar-refractivity contribution in [1.29, 1.82) is 0 Å². The van der Waals surface area contributed by atoms with Gasteiger partial charge in [-0.15, -0.1) is 0 Å². The van der Waals surface area contributed by atoms with Crippen molar-refractivity contribution in [3.05, 3.63) is 0 Å². The molecule has 0 spiro atoms. The topological polar surface area (TPSA) is 38.5 Å². The first-order chi connectivity index (χ1) is 6.29. The molecule has 1 aliphatic heterocycles. The van der Waals surface area contributed by atoms with Crippen molar-refractivity contribution in [2.45, 2.75) is 31.7 Å². The van der Waals surface area contributed by atoms with Gasteiger partial charge >= 0.3 is 0 Å². The average molecular weight is 186 g/mol. The van der Waals surface area contributed by atoms with E-state index in [-0.39, 0.29) is 5.54 Å². The summed E-state index contributed by atoms with van der Waals surface area (Å²) in [6.07, 6.45) is 3.70. The van der Waals surface area contributed by atoms with E-state index >= 15 is 0 Å². The molecule has 1 fully saturated rings. The van der Waals surface area contributed by atoms with Gasteiger partial charge in [0.25, 0.3) is 0 Å². The van der Waals surface area contributed by atoms with Gasteiger partial charge in [0.2, 0.25) is 0 Å². The van der Waals surface area contributed by atoms with Crippen LogP contribution in [0, 0.1) is 0 Å². The van der Waals surface area contributed by atoms with Crippen LogP contribution >= 0.6 is 0 Å². The maximum Gasteiger partial charge on any atom is 0.0658 e. The molecule has 2 N–H and O–H groups in total. The first-order valence-corrected chi connectivity index (χ1v) is 5.23. The fourth-order valence-corrected chi connectivity index (χ4v) is 2.21. The summed E-state index contributed by atoms with van der Waals surface area (Å²) in [5.41, 5.74) is 5.96. The van der Waals surface area contributed by atoms with Gasteiger partial charge in [-0.2, -0.15) is 0 Å². The van der Waals surface area contributed by atoms with Gasteiger partial charge in [-0.1, -0.05) is 6.92 Å². The molecule has 1 saturated heterocycles. The Kier molecular flexibility index (Phi) is 4.16. The summed E-state index contributed by atoms with van der Waals surface area (Å²) >= 11 is 0. The summed E-state index contributed by atoms with van der Waals surface area (Å²) < 4.78 is 5.28. The van der Waals surface area contributed by atoms with E-state index in [4.69, 9.17) is 10.5 Å². The van der Waals surface area contributed by atoms with E-state index in [1.807, 2.05) is 0 Å². The molecule has 78 valence electrons. The molecule has 0 aromatic rings. The molecule has 0 aromatic carbocycles. The fourth-order valence-electron chi connectivity index (χ4n) is 2.21. The van der Waals surface area contributed by atoms with Gasteiger partial charge in [0.15, 0.2) is 0 Å². The second kappa shape index (κ2) is 4.94. The summed E-state index contributed by atoms with van der Waals surface area (Å²) in [5.74, 6) is 0. The smallest absolute Gasteiger partial charge is 0.0658 e. The van der Waals surface area contributed by atoms with E-state index < -0.39 is 0 Å². The standard InChI is InChI=1S/C10H22N2O/c1-3-10(8-11,9-13-2)12-6-4-5-7-12/h3-9,11H2,1-2H3. The van der Waals surface area contributed by atoms with E-state index in [2.05, 4.69) is 11.8 Å². The number of likely N-dealkylation sites (tertiary alicyclic amines) is 1. The van der Waals surface area contributed by atoms with E-state index in [0.717, 1.165) is 13.0 Å². The molecule has 1 aliphatic rings. The molecule has 0 aromatic heterocycles. The minimum absolute atomic E-state index is 0.102. The monoisotopic (exact) mass is 186 g/mol. The molecule has 0 amide bonds. The summed E-state index contributed by atoms with van der Waals surface area (Å²) in [7, 11) is 1.76. The Bertz CT molecular complexity index is 140. The van der Waals surface area contributed by atoms with E-state index in [9.17, 15) is 0 Å². The van der Waals surface area contributed by atoms with Crippen molar-refractivity contribution in [2.75, 3.05) is 33.4 Å². The van der Waals surface area contributed by atoms with Crippen LogP contribution in [-0.4, -0.2) is 43.8 Å². The molecular weight excluding hydrogens is 164 g/mol. The summed E-state index contributed by atoms with van der Waals surface area (Å²) in [5, 5.41) is 0. The minimum atomic E-state index is 0.102. The Labute approximate surface area is 81.2 Å².